The highest BCUT2D eigenvalue weighted by molar-refractivity contribution is 7.47. The van der Waals surface area contributed by atoms with Crippen LogP contribution >= 0.6 is 7.82 Å². The fourth-order valence-electron chi connectivity index (χ4n) is 5.21. The van der Waals surface area contributed by atoms with Gasteiger partial charge in [-0.3, -0.25) is 18.6 Å². The van der Waals surface area contributed by atoms with Crippen molar-refractivity contribution in [3.8, 4) is 0 Å². The molecule has 0 spiro atoms. The molecule has 0 aromatic rings. The molecule has 0 fully saturated rings. The Morgan fingerprint density at radius 2 is 1.18 bits per heavy atom. The van der Waals surface area contributed by atoms with Crippen LogP contribution in [-0.4, -0.2) is 99.3 Å². The van der Waals surface area contributed by atoms with Crippen LogP contribution < -0.4 is 0 Å². The zero-order valence-electron chi connectivity index (χ0n) is 33.6. The molecule has 1 unspecified atom stereocenters. The van der Waals surface area contributed by atoms with E-state index in [-0.39, 0.29) is 25.7 Å². The molecule has 13 nitrogen and oxygen atoms in total. The zero-order chi connectivity index (χ0) is 41.2. The van der Waals surface area contributed by atoms with Crippen LogP contribution in [0.2, 0.25) is 0 Å². The molecule has 14 heteroatoms. The van der Waals surface area contributed by atoms with Gasteiger partial charge < -0.3 is 39.9 Å². The van der Waals surface area contributed by atoms with Crippen molar-refractivity contribution in [2.24, 2.45) is 5.92 Å². The molecular weight excluding hydrogens is 731 g/mol. The van der Waals surface area contributed by atoms with Crippen LogP contribution in [-0.2, 0) is 32.7 Å². The van der Waals surface area contributed by atoms with E-state index in [0.717, 1.165) is 57.3 Å². The van der Waals surface area contributed by atoms with Gasteiger partial charge in [0.2, 0.25) is 0 Å². The molecule has 0 saturated carbocycles. The molecule has 0 aromatic heterocycles. The second kappa shape index (κ2) is 35.0. The van der Waals surface area contributed by atoms with Crippen molar-refractivity contribution in [1.29, 1.82) is 0 Å². The van der Waals surface area contributed by atoms with Gasteiger partial charge in [0.1, 0.15) is 12.7 Å². The Balaban J connectivity index is 4.68. The van der Waals surface area contributed by atoms with Crippen molar-refractivity contribution in [2.45, 2.75) is 167 Å². The Kier molecular flexibility index (Phi) is 33.6. The lowest BCUT2D eigenvalue weighted by atomic mass is 10.0. The number of hydrogen-bond donors (Lipinski definition) is 6. The first-order valence-electron chi connectivity index (χ1n) is 20.3. The van der Waals surface area contributed by atoms with E-state index in [2.05, 4.69) is 25.3 Å². The van der Waals surface area contributed by atoms with Crippen LogP contribution in [0.4, 0.5) is 0 Å². The molecule has 0 aliphatic rings. The summed E-state index contributed by atoms with van der Waals surface area (Å²) in [5.74, 6) is -0.511. The first-order valence-corrected chi connectivity index (χ1v) is 21.8. The fourth-order valence-corrected chi connectivity index (χ4v) is 6.00. The van der Waals surface area contributed by atoms with Crippen LogP contribution in [0.1, 0.15) is 136 Å². The lowest BCUT2D eigenvalue weighted by molar-refractivity contribution is -0.161. The van der Waals surface area contributed by atoms with Gasteiger partial charge in [0.15, 0.2) is 6.10 Å². The third-order valence-electron chi connectivity index (χ3n) is 8.53. The number of ether oxygens (including phenoxy) is 2. The third kappa shape index (κ3) is 34.8. The third-order valence-corrected chi connectivity index (χ3v) is 9.48. The molecule has 0 saturated heterocycles. The van der Waals surface area contributed by atoms with Crippen LogP contribution in [0, 0.1) is 5.92 Å². The van der Waals surface area contributed by atoms with Gasteiger partial charge in [0, 0.05) is 12.8 Å². The number of allylic oxidation sites excluding steroid dienone is 6. The predicted octanol–water partition coefficient (Wildman–Crippen LogP) is 6.93. The van der Waals surface area contributed by atoms with Crippen LogP contribution in [0.3, 0.4) is 0 Å². The molecule has 0 bridgehead atoms. The largest absolute Gasteiger partial charge is 0.472 e. The summed E-state index contributed by atoms with van der Waals surface area (Å²) in [5, 5.41) is 48.7. The minimum Gasteiger partial charge on any atom is -0.462 e. The van der Waals surface area contributed by atoms with Crippen LogP contribution in [0.15, 0.2) is 48.6 Å². The van der Waals surface area contributed by atoms with Gasteiger partial charge in [0.05, 0.1) is 38.1 Å². The van der Waals surface area contributed by atoms with E-state index in [0.29, 0.717) is 6.42 Å². The molecule has 0 radical (unpaired) electrons. The Morgan fingerprint density at radius 3 is 1.80 bits per heavy atom. The summed E-state index contributed by atoms with van der Waals surface area (Å²) in [7, 11) is -4.70. The average molecular weight is 805 g/mol. The second-order valence-electron chi connectivity index (χ2n) is 14.4. The first-order chi connectivity index (χ1) is 26.3. The lowest BCUT2D eigenvalue weighted by Crippen LogP contribution is -2.30. The Labute approximate surface area is 330 Å². The van der Waals surface area contributed by atoms with Gasteiger partial charge >= 0.3 is 19.8 Å². The minimum absolute atomic E-state index is 0.0974. The summed E-state index contributed by atoms with van der Waals surface area (Å²) >= 11 is 0. The van der Waals surface area contributed by atoms with Crippen molar-refractivity contribution < 1.29 is 63.1 Å². The number of aliphatic hydroxyl groups excluding tert-OH is 5. The van der Waals surface area contributed by atoms with Crippen molar-refractivity contribution in [2.75, 3.05) is 26.4 Å². The Morgan fingerprint density at radius 1 is 0.636 bits per heavy atom. The van der Waals surface area contributed by atoms with E-state index in [1.165, 1.54) is 38.2 Å². The summed E-state index contributed by atoms with van der Waals surface area (Å²) in [6.07, 6.45) is 23.3. The molecular formula is C41H73O13P. The number of phosphoric ester groups is 1. The van der Waals surface area contributed by atoms with Gasteiger partial charge in [-0.15, -0.1) is 0 Å². The van der Waals surface area contributed by atoms with Crippen molar-refractivity contribution in [3.05, 3.63) is 48.6 Å². The molecule has 0 rings (SSSR count). The van der Waals surface area contributed by atoms with Gasteiger partial charge in [-0.25, -0.2) is 4.57 Å². The normalized spacial score (nSPS) is 16.3. The summed E-state index contributed by atoms with van der Waals surface area (Å²) < 4.78 is 32.4. The number of aliphatic hydroxyl groups is 5. The Hall–Kier alpha value is -2.19. The zero-order valence-corrected chi connectivity index (χ0v) is 34.5. The molecule has 55 heavy (non-hydrogen) atoms. The molecule has 0 aliphatic carbocycles. The second-order valence-corrected chi connectivity index (χ2v) is 15.8. The van der Waals surface area contributed by atoms with Crippen molar-refractivity contribution in [1.82, 2.24) is 0 Å². The molecule has 0 aliphatic heterocycles. The minimum atomic E-state index is -4.70. The summed E-state index contributed by atoms with van der Waals surface area (Å²) in [4.78, 5) is 34.9. The number of carbonyl (C=O) groups excluding carboxylic acids is 2. The number of hydrogen-bond acceptors (Lipinski definition) is 12. The molecule has 0 heterocycles. The van der Waals surface area contributed by atoms with Crippen LogP contribution in [0.5, 0.6) is 0 Å². The number of carbonyl (C=O) groups is 2. The van der Waals surface area contributed by atoms with Crippen molar-refractivity contribution >= 4 is 19.8 Å². The van der Waals surface area contributed by atoms with E-state index in [9.17, 15) is 39.5 Å². The predicted molar refractivity (Wildman–Crippen MR) is 214 cm³/mol. The van der Waals surface area contributed by atoms with Gasteiger partial charge in [0.25, 0.3) is 0 Å². The number of esters is 2. The monoisotopic (exact) mass is 804 g/mol. The van der Waals surface area contributed by atoms with Crippen LogP contribution in [0.25, 0.3) is 0 Å². The maximum absolute atomic E-state index is 12.6. The highest BCUT2D eigenvalue weighted by atomic mass is 31.2. The molecule has 320 valence electrons. The van der Waals surface area contributed by atoms with E-state index in [1.807, 2.05) is 0 Å². The number of unbranched alkanes of at least 4 members (excludes halogenated alkanes) is 10. The van der Waals surface area contributed by atoms with E-state index in [1.54, 1.807) is 42.5 Å². The lowest BCUT2D eigenvalue weighted by Gasteiger charge is -2.20. The topological polar surface area (TPSA) is 210 Å². The molecule has 0 amide bonds. The Bertz CT molecular complexity index is 1120. The summed E-state index contributed by atoms with van der Waals surface area (Å²) in [6, 6.07) is 0. The molecule has 6 N–H and O–H groups in total. The molecule has 6 atom stereocenters. The smallest absolute Gasteiger partial charge is 0.462 e. The van der Waals surface area contributed by atoms with E-state index >= 15 is 0 Å². The maximum atomic E-state index is 12.6. The summed E-state index contributed by atoms with van der Waals surface area (Å²) in [6.45, 7) is 4.13. The highest BCUT2D eigenvalue weighted by Crippen LogP contribution is 2.43. The van der Waals surface area contributed by atoms with Gasteiger partial charge in [-0.05, 0) is 31.6 Å². The average Bonchev–Trinajstić information content (AvgIpc) is 3.14. The van der Waals surface area contributed by atoms with E-state index < -0.39 is 76.7 Å². The molecule has 0 aromatic carbocycles. The van der Waals surface area contributed by atoms with Gasteiger partial charge in [-0.1, -0.05) is 146 Å². The SMILES string of the molecule is CCCCC[C@@H](O)/C=C/C=C\C=C\C=C\[C@@H](O)[C@H](O)CCCC(=O)OC[C@H](COP(=O)(O)OC[C@@H](O)CO)OC(=O)CCCCCCCCCCCC(C)C. The highest BCUT2D eigenvalue weighted by Gasteiger charge is 2.27. The van der Waals surface area contributed by atoms with Crippen molar-refractivity contribution in [3.63, 3.8) is 0 Å². The quantitative estimate of drug-likeness (QED) is 0.0164. The fraction of sp³-hybridized carbons (Fsp3) is 0.756. The standard InChI is InChI=1S/C41H73O13P/c1-4-5-17-24-35(43)25-19-14-11-12-15-20-26-38(45)39(46)27-22-29-40(47)51-32-37(33-53-55(49,50)52-31-36(44)30-42)54-41(48)28-21-16-10-8-6-7-9-13-18-23-34(2)3/h11-12,14-15,19-20,25-26,34-39,42-46H,4-10,13,16-18,21-24,27-33H2,1-3H3,(H,49,50)/b14-11-,15-12+,25-19+,26-20+/t35-,36+,37-,38-,39-/m1/s1. The maximum Gasteiger partial charge on any atom is 0.472 e. The number of phosphoric acid groups is 1. The summed E-state index contributed by atoms with van der Waals surface area (Å²) in [5.41, 5.74) is 0. The van der Waals surface area contributed by atoms with Gasteiger partial charge in [-0.2, -0.15) is 0 Å². The first kappa shape index (κ1) is 52.8. The van der Waals surface area contributed by atoms with E-state index in [4.69, 9.17) is 19.1 Å². The number of rotatable bonds is 36.